The number of ketones is 1. The Morgan fingerprint density at radius 2 is 1.77 bits per heavy atom. The second kappa shape index (κ2) is 9.78. The summed E-state index contributed by atoms with van der Waals surface area (Å²) in [6.45, 7) is 0.453. The molecule has 1 aliphatic rings. The first-order valence-electron chi connectivity index (χ1n) is 9.55. The predicted molar refractivity (Wildman–Crippen MR) is 113 cm³/mol. The number of hydrazone groups is 1. The first-order chi connectivity index (χ1) is 14.5. The van der Waals surface area contributed by atoms with Crippen LogP contribution < -0.4 is 25.0 Å². The smallest absolute Gasteiger partial charge is 0.244 e. The van der Waals surface area contributed by atoms with Crippen LogP contribution in [0.5, 0.6) is 17.2 Å². The van der Waals surface area contributed by atoms with E-state index in [0.29, 0.717) is 41.5 Å². The molecule has 2 N–H and O–H groups in total. The van der Waals surface area contributed by atoms with Crippen LogP contribution >= 0.6 is 0 Å². The lowest BCUT2D eigenvalue weighted by Crippen LogP contribution is -2.41. The number of Topliss-reactive ketones (excluding diaryl/α,β-unsaturated/α-hetero) is 1. The van der Waals surface area contributed by atoms with Gasteiger partial charge in [-0.1, -0.05) is 6.07 Å². The Labute approximate surface area is 175 Å². The fourth-order valence-electron chi connectivity index (χ4n) is 3.13. The maximum Gasteiger partial charge on any atom is 0.244 e. The number of carbonyl (C=O) groups is 2. The Kier molecular flexibility index (Phi) is 6.90. The van der Waals surface area contributed by atoms with Gasteiger partial charge >= 0.3 is 0 Å². The summed E-state index contributed by atoms with van der Waals surface area (Å²) in [7, 11) is 4.73. The lowest BCUT2D eigenvalue weighted by Gasteiger charge is -2.12. The molecule has 0 saturated heterocycles. The average Bonchev–Trinajstić information content (AvgIpc) is 3.29. The van der Waals surface area contributed by atoms with Gasteiger partial charge in [-0.25, -0.2) is 0 Å². The van der Waals surface area contributed by atoms with Gasteiger partial charge in [0.2, 0.25) is 11.7 Å². The fourth-order valence-corrected chi connectivity index (χ4v) is 3.13. The van der Waals surface area contributed by atoms with E-state index < -0.39 is 6.04 Å². The van der Waals surface area contributed by atoms with E-state index in [2.05, 4.69) is 15.8 Å². The number of ether oxygens (including phenoxy) is 3. The molecule has 1 amide bonds. The highest BCUT2D eigenvalue weighted by molar-refractivity contribution is 6.46. The van der Waals surface area contributed by atoms with Crippen molar-refractivity contribution in [2.45, 2.75) is 18.9 Å². The minimum Gasteiger partial charge on any atom is -0.497 e. The van der Waals surface area contributed by atoms with Crippen molar-refractivity contribution in [1.82, 2.24) is 10.7 Å². The third-order valence-corrected chi connectivity index (χ3v) is 4.84. The quantitative estimate of drug-likeness (QED) is 0.613. The number of methoxy groups -OCH3 is 3. The monoisotopic (exact) mass is 411 g/mol. The summed E-state index contributed by atoms with van der Waals surface area (Å²) < 4.78 is 15.6. The van der Waals surface area contributed by atoms with E-state index in [0.717, 1.165) is 5.56 Å². The van der Waals surface area contributed by atoms with Gasteiger partial charge in [-0.15, -0.1) is 0 Å². The van der Waals surface area contributed by atoms with E-state index in [-0.39, 0.29) is 18.1 Å². The zero-order valence-corrected chi connectivity index (χ0v) is 17.2. The number of hydrogen-bond donors (Lipinski definition) is 2. The van der Waals surface area contributed by atoms with Crippen LogP contribution in [0.25, 0.3) is 0 Å². The van der Waals surface area contributed by atoms with Gasteiger partial charge < -0.3 is 19.5 Å². The molecule has 30 heavy (non-hydrogen) atoms. The summed E-state index contributed by atoms with van der Waals surface area (Å²) in [5.41, 5.74) is 4.61. The number of amides is 1. The number of nitrogens with one attached hydrogen (secondary N) is 2. The molecule has 0 aliphatic carbocycles. The lowest BCUT2D eigenvalue weighted by molar-refractivity contribution is -0.122. The molecule has 0 saturated carbocycles. The fraction of sp³-hybridized carbons (Fsp3) is 0.318. The Bertz CT molecular complexity index is 940. The molecule has 8 heteroatoms. The van der Waals surface area contributed by atoms with Crippen molar-refractivity contribution >= 4 is 17.4 Å². The van der Waals surface area contributed by atoms with Crippen molar-refractivity contribution < 1.29 is 23.8 Å². The molecule has 1 unspecified atom stereocenters. The molecule has 3 rings (SSSR count). The van der Waals surface area contributed by atoms with Gasteiger partial charge in [0.05, 0.1) is 21.3 Å². The number of rotatable bonds is 9. The van der Waals surface area contributed by atoms with Crippen LogP contribution in [0.3, 0.4) is 0 Å². The molecule has 158 valence electrons. The predicted octanol–water partition coefficient (Wildman–Crippen LogP) is 1.97. The third-order valence-electron chi connectivity index (χ3n) is 4.84. The van der Waals surface area contributed by atoms with Crippen molar-refractivity contribution in [3.8, 4) is 17.2 Å². The highest BCUT2D eigenvalue weighted by Crippen LogP contribution is 2.27. The van der Waals surface area contributed by atoms with Gasteiger partial charge in [0.15, 0.2) is 11.5 Å². The normalized spacial score (nSPS) is 15.0. The van der Waals surface area contributed by atoms with Gasteiger partial charge in [0.25, 0.3) is 0 Å². The topological polar surface area (TPSA) is 98.2 Å². The van der Waals surface area contributed by atoms with Crippen LogP contribution in [0.4, 0.5) is 0 Å². The molecule has 0 fully saturated rings. The SMILES string of the molecule is COc1ccc(C(=O)C2=NNC(C(=O)NCCc3ccc(OC)c(OC)c3)C2)cc1. The Morgan fingerprint density at radius 3 is 2.43 bits per heavy atom. The van der Waals surface area contributed by atoms with Gasteiger partial charge in [-0.2, -0.15) is 5.10 Å². The third kappa shape index (κ3) is 4.89. The van der Waals surface area contributed by atoms with Crippen molar-refractivity contribution in [2.75, 3.05) is 27.9 Å². The lowest BCUT2D eigenvalue weighted by atomic mass is 10.0. The molecule has 0 spiro atoms. The molecule has 1 aliphatic heterocycles. The Morgan fingerprint density at radius 1 is 1.03 bits per heavy atom. The number of benzene rings is 2. The first-order valence-corrected chi connectivity index (χ1v) is 9.55. The number of carbonyl (C=O) groups excluding carboxylic acids is 2. The van der Waals surface area contributed by atoms with E-state index in [1.54, 1.807) is 45.6 Å². The van der Waals surface area contributed by atoms with Crippen molar-refractivity contribution in [2.24, 2.45) is 5.10 Å². The highest BCUT2D eigenvalue weighted by atomic mass is 16.5. The molecule has 8 nitrogen and oxygen atoms in total. The van der Waals surface area contributed by atoms with Gasteiger partial charge in [-0.3, -0.25) is 15.0 Å². The molecule has 1 heterocycles. The van der Waals surface area contributed by atoms with Gasteiger partial charge in [0, 0.05) is 18.5 Å². The summed E-state index contributed by atoms with van der Waals surface area (Å²) in [5, 5.41) is 6.94. The summed E-state index contributed by atoms with van der Waals surface area (Å²) in [5.74, 6) is 1.58. The minimum absolute atomic E-state index is 0.197. The molecule has 0 bridgehead atoms. The maximum absolute atomic E-state index is 12.6. The Balaban J connectivity index is 1.49. The van der Waals surface area contributed by atoms with Crippen LogP contribution in [0, 0.1) is 0 Å². The first kappa shape index (κ1) is 21.2. The summed E-state index contributed by atoms with van der Waals surface area (Å²) in [6, 6.07) is 11.9. The Hall–Kier alpha value is -3.55. The van der Waals surface area contributed by atoms with Crippen molar-refractivity contribution in [3.05, 3.63) is 53.6 Å². The van der Waals surface area contributed by atoms with Crippen LogP contribution in [-0.2, 0) is 11.2 Å². The van der Waals surface area contributed by atoms with Crippen molar-refractivity contribution in [1.29, 1.82) is 0 Å². The largest absolute Gasteiger partial charge is 0.497 e. The molecule has 2 aromatic carbocycles. The molecule has 2 aromatic rings. The zero-order valence-electron chi connectivity index (χ0n) is 17.2. The van der Waals surface area contributed by atoms with Gasteiger partial charge in [-0.05, 0) is 48.4 Å². The number of hydrogen-bond acceptors (Lipinski definition) is 7. The second-order valence-electron chi connectivity index (χ2n) is 6.73. The maximum atomic E-state index is 12.6. The van der Waals surface area contributed by atoms with E-state index in [4.69, 9.17) is 14.2 Å². The average molecular weight is 411 g/mol. The summed E-state index contributed by atoms with van der Waals surface area (Å²) in [6.07, 6.45) is 0.879. The number of nitrogens with zero attached hydrogens (tertiary/aromatic N) is 1. The highest BCUT2D eigenvalue weighted by Gasteiger charge is 2.29. The van der Waals surface area contributed by atoms with Crippen LogP contribution in [0.1, 0.15) is 22.3 Å². The van der Waals surface area contributed by atoms with Crippen molar-refractivity contribution in [3.63, 3.8) is 0 Å². The van der Waals surface area contributed by atoms with Crippen LogP contribution in [0.15, 0.2) is 47.6 Å². The van der Waals surface area contributed by atoms with E-state index in [1.165, 1.54) is 0 Å². The van der Waals surface area contributed by atoms with E-state index in [1.807, 2.05) is 18.2 Å². The molecular weight excluding hydrogens is 386 g/mol. The van der Waals surface area contributed by atoms with Gasteiger partial charge in [0.1, 0.15) is 17.5 Å². The van der Waals surface area contributed by atoms with Crippen LogP contribution in [0.2, 0.25) is 0 Å². The summed E-state index contributed by atoms with van der Waals surface area (Å²) in [4.78, 5) is 25.0. The molecule has 0 radical (unpaired) electrons. The van der Waals surface area contributed by atoms with E-state index >= 15 is 0 Å². The van der Waals surface area contributed by atoms with E-state index in [9.17, 15) is 9.59 Å². The zero-order chi connectivity index (χ0) is 21.5. The second-order valence-corrected chi connectivity index (χ2v) is 6.73. The standard InChI is InChI=1S/C22H25N3O5/c1-28-16-7-5-15(6-8-16)21(26)17-13-18(25-24-17)22(27)23-11-10-14-4-9-19(29-2)20(12-14)30-3/h4-9,12,18,25H,10-11,13H2,1-3H3,(H,23,27). The van der Waals surface area contributed by atoms with Crippen LogP contribution in [-0.4, -0.2) is 51.3 Å². The minimum atomic E-state index is -0.562. The molecule has 1 atom stereocenters. The summed E-state index contributed by atoms with van der Waals surface area (Å²) >= 11 is 0. The molecular formula is C22H25N3O5. The molecule has 0 aromatic heterocycles.